The molecule has 0 amide bonds. The summed E-state index contributed by atoms with van der Waals surface area (Å²) in [5, 5.41) is 11.2. The van der Waals surface area contributed by atoms with E-state index < -0.39 is 5.97 Å². The van der Waals surface area contributed by atoms with Crippen LogP contribution in [0.15, 0.2) is 95.4 Å². The first kappa shape index (κ1) is 19.8. The van der Waals surface area contributed by atoms with E-state index in [-0.39, 0.29) is 0 Å². The number of carboxylic acid groups (broad SMARTS) is 1. The van der Waals surface area contributed by atoms with Crippen LogP contribution in [0.3, 0.4) is 0 Å². The van der Waals surface area contributed by atoms with E-state index in [0.717, 1.165) is 61.7 Å². The second-order valence-corrected chi connectivity index (χ2v) is 7.76. The highest BCUT2D eigenvalue weighted by atomic mass is 16.4. The highest BCUT2D eigenvalue weighted by Crippen LogP contribution is 2.36. The van der Waals surface area contributed by atoms with E-state index in [1.165, 1.54) is 6.08 Å². The van der Waals surface area contributed by atoms with Crippen molar-refractivity contribution < 1.29 is 14.3 Å². The van der Waals surface area contributed by atoms with Crippen LogP contribution in [-0.2, 0) is 11.2 Å². The third-order valence-electron chi connectivity index (χ3n) is 5.88. The lowest BCUT2D eigenvalue weighted by Gasteiger charge is -2.12. The minimum Gasteiger partial charge on any atom is -0.478 e. The number of carboxylic acids is 1. The van der Waals surface area contributed by atoms with E-state index in [1.54, 1.807) is 6.08 Å². The molecular formula is C29H22O3. The van der Waals surface area contributed by atoms with Crippen molar-refractivity contribution in [1.82, 2.24) is 0 Å². The van der Waals surface area contributed by atoms with Gasteiger partial charge >= 0.3 is 5.97 Å². The van der Waals surface area contributed by atoms with E-state index in [9.17, 15) is 4.79 Å². The topological polar surface area (TPSA) is 50.4 Å². The molecule has 0 radical (unpaired) electrons. The first-order chi connectivity index (χ1) is 15.7. The Balaban J connectivity index is 1.57. The number of benzene rings is 4. The zero-order valence-corrected chi connectivity index (χ0v) is 17.7. The standard InChI is InChI=1S/C29H22O3/c1-2-22-19(17-18-28(30)31)7-5-9-23(22)20-13-15-21(16-14-20)24-10-6-11-26-25-8-3-4-12-27(25)32-29(24)26/h3-18H,2H2,1H3,(H,30,31)/b18-17+. The van der Waals surface area contributed by atoms with Gasteiger partial charge in [0.15, 0.2) is 0 Å². The number of rotatable bonds is 5. The number of carbonyl (C=O) groups is 1. The average molecular weight is 418 g/mol. The quantitative estimate of drug-likeness (QED) is 0.299. The van der Waals surface area contributed by atoms with E-state index in [0.29, 0.717) is 0 Å². The van der Waals surface area contributed by atoms with E-state index >= 15 is 0 Å². The fraction of sp³-hybridized carbons (Fsp3) is 0.0690. The molecule has 5 aromatic rings. The van der Waals surface area contributed by atoms with Crippen LogP contribution in [-0.4, -0.2) is 11.1 Å². The van der Waals surface area contributed by atoms with Crippen molar-refractivity contribution in [3.8, 4) is 22.3 Å². The molecule has 3 nitrogen and oxygen atoms in total. The van der Waals surface area contributed by atoms with Gasteiger partial charge in [0, 0.05) is 22.4 Å². The first-order valence-corrected chi connectivity index (χ1v) is 10.7. The number of fused-ring (bicyclic) bond motifs is 3. The molecule has 1 N–H and O–H groups in total. The van der Waals surface area contributed by atoms with Crippen LogP contribution in [0.5, 0.6) is 0 Å². The predicted molar refractivity (Wildman–Crippen MR) is 131 cm³/mol. The molecule has 0 bridgehead atoms. The molecule has 0 aliphatic carbocycles. The Kier molecular flexibility index (Phi) is 5.08. The van der Waals surface area contributed by atoms with Gasteiger partial charge < -0.3 is 9.52 Å². The van der Waals surface area contributed by atoms with Crippen molar-refractivity contribution >= 4 is 34.0 Å². The maximum Gasteiger partial charge on any atom is 0.328 e. The number of aliphatic carboxylic acids is 1. The molecule has 0 spiro atoms. The molecule has 32 heavy (non-hydrogen) atoms. The van der Waals surface area contributed by atoms with Gasteiger partial charge in [0.25, 0.3) is 0 Å². The molecular weight excluding hydrogens is 396 g/mol. The third kappa shape index (κ3) is 3.48. The van der Waals surface area contributed by atoms with Crippen molar-refractivity contribution in [1.29, 1.82) is 0 Å². The van der Waals surface area contributed by atoms with Gasteiger partial charge in [0.2, 0.25) is 0 Å². The van der Waals surface area contributed by atoms with Crippen molar-refractivity contribution in [3.63, 3.8) is 0 Å². The molecule has 0 aliphatic rings. The SMILES string of the molecule is CCc1c(/C=C/C(=O)O)cccc1-c1ccc(-c2cccc3c2oc2ccccc23)cc1. The fourth-order valence-electron chi connectivity index (χ4n) is 4.39. The molecule has 0 fully saturated rings. The van der Waals surface area contributed by atoms with Crippen molar-refractivity contribution in [2.45, 2.75) is 13.3 Å². The lowest BCUT2D eigenvalue weighted by Crippen LogP contribution is -1.93. The normalized spacial score (nSPS) is 11.5. The summed E-state index contributed by atoms with van der Waals surface area (Å²) in [7, 11) is 0. The van der Waals surface area contributed by atoms with Crippen molar-refractivity contribution in [2.24, 2.45) is 0 Å². The summed E-state index contributed by atoms with van der Waals surface area (Å²) in [6.45, 7) is 2.09. The Labute approximate surface area is 186 Å². The van der Waals surface area contributed by atoms with Crippen LogP contribution in [0.2, 0.25) is 0 Å². The van der Waals surface area contributed by atoms with Gasteiger partial charge in [-0.1, -0.05) is 85.8 Å². The Morgan fingerprint density at radius 2 is 1.47 bits per heavy atom. The van der Waals surface area contributed by atoms with Crippen LogP contribution >= 0.6 is 0 Å². The fourth-order valence-corrected chi connectivity index (χ4v) is 4.39. The van der Waals surface area contributed by atoms with Crippen LogP contribution in [0.1, 0.15) is 18.1 Å². The van der Waals surface area contributed by atoms with Crippen LogP contribution in [0.25, 0.3) is 50.3 Å². The first-order valence-electron chi connectivity index (χ1n) is 10.7. The summed E-state index contributed by atoms with van der Waals surface area (Å²) in [6.07, 6.45) is 3.67. The molecule has 1 heterocycles. The second-order valence-electron chi connectivity index (χ2n) is 7.76. The van der Waals surface area contributed by atoms with Crippen molar-refractivity contribution in [3.05, 3.63) is 102 Å². The molecule has 0 unspecified atom stereocenters. The van der Waals surface area contributed by atoms with E-state index in [1.807, 2.05) is 30.3 Å². The van der Waals surface area contributed by atoms with Gasteiger partial charge in [-0.05, 0) is 46.4 Å². The summed E-state index contributed by atoms with van der Waals surface area (Å²) >= 11 is 0. The zero-order chi connectivity index (χ0) is 22.1. The highest BCUT2D eigenvalue weighted by molar-refractivity contribution is 6.09. The molecule has 5 rings (SSSR count). The third-order valence-corrected chi connectivity index (χ3v) is 5.88. The van der Waals surface area contributed by atoms with Crippen LogP contribution < -0.4 is 0 Å². The second kappa shape index (κ2) is 8.20. The molecule has 0 saturated heterocycles. The number of hydrogen-bond acceptors (Lipinski definition) is 2. The molecule has 4 aromatic carbocycles. The smallest absolute Gasteiger partial charge is 0.328 e. The Morgan fingerprint density at radius 3 is 2.22 bits per heavy atom. The predicted octanol–water partition coefficient (Wildman–Crippen LogP) is 7.58. The largest absolute Gasteiger partial charge is 0.478 e. The molecule has 0 aliphatic heterocycles. The monoisotopic (exact) mass is 418 g/mol. The summed E-state index contributed by atoms with van der Waals surface area (Å²) < 4.78 is 6.20. The van der Waals surface area contributed by atoms with Gasteiger partial charge in [-0.2, -0.15) is 0 Å². The zero-order valence-electron chi connectivity index (χ0n) is 17.7. The Hall–Kier alpha value is -4.11. The van der Waals surface area contributed by atoms with E-state index in [2.05, 4.69) is 61.5 Å². The van der Waals surface area contributed by atoms with Gasteiger partial charge in [-0.25, -0.2) is 4.79 Å². The minimum atomic E-state index is -0.943. The van der Waals surface area contributed by atoms with Crippen LogP contribution in [0, 0.1) is 0 Å². The van der Waals surface area contributed by atoms with Gasteiger partial charge in [-0.15, -0.1) is 0 Å². The highest BCUT2D eigenvalue weighted by Gasteiger charge is 2.13. The maximum absolute atomic E-state index is 11.0. The molecule has 156 valence electrons. The van der Waals surface area contributed by atoms with Crippen LogP contribution in [0.4, 0.5) is 0 Å². The number of furan rings is 1. The summed E-state index contributed by atoms with van der Waals surface area (Å²) in [5.74, 6) is -0.943. The lowest BCUT2D eigenvalue weighted by atomic mass is 9.92. The number of hydrogen-bond donors (Lipinski definition) is 1. The summed E-state index contributed by atoms with van der Waals surface area (Å²) in [6, 6.07) is 28.9. The summed E-state index contributed by atoms with van der Waals surface area (Å²) in [5.41, 5.74) is 8.25. The molecule has 3 heteroatoms. The minimum absolute atomic E-state index is 0.815. The summed E-state index contributed by atoms with van der Waals surface area (Å²) in [4.78, 5) is 11.0. The lowest BCUT2D eigenvalue weighted by molar-refractivity contribution is -0.131. The van der Waals surface area contributed by atoms with Gasteiger partial charge in [0.1, 0.15) is 11.2 Å². The van der Waals surface area contributed by atoms with Gasteiger partial charge in [0.05, 0.1) is 0 Å². The Morgan fingerprint density at radius 1 is 0.812 bits per heavy atom. The van der Waals surface area contributed by atoms with Crippen molar-refractivity contribution in [2.75, 3.05) is 0 Å². The molecule has 0 atom stereocenters. The average Bonchev–Trinajstić information content (AvgIpc) is 3.21. The maximum atomic E-state index is 11.0. The molecule has 0 saturated carbocycles. The van der Waals surface area contributed by atoms with Gasteiger partial charge in [-0.3, -0.25) is 0 Å². The Bertz CT molecular complexity index is 1470. The number of para-hydroxylation sites is 2. The van der Waals surface area contributed by atoms with E-state index in [4.69, 9.17) is 9.52 Å². The molecule has 1 aromatic heterocycles.